The van der Waals surface area contributed by atoms with Gasteiger partial charge < -0.3 is 11.1 Å². The Balaban J connectivity index is 2.00. The quantitative estimate of drug-likeness (QED) is 0.843. The Morgan fingerprint density at radius 3 is 2.64 bits per heavy atom. The van der Waals surface area contributed by atoms with Crippen molar-refractivity contribution in [1.29, 1.82) is 0 Å². The van der Waals surface area contributed by atoms with Crippen molar-refractivity contribution < 1.29 is 0 Å². The topological polar surface area (TPSA) is 63.8 Å². The largest absolute Gasteiger partial charge is 0.350 e. The number of anilines is 1. The molecule has 0 radical (unpaired) electrons. The molecule has 14 heavy (non-hydrogen) atoms. The first kappa shape index (κ1) is 9.86. The number of nitrogens with zero attached hydrogens (tertiary/aromatic N) is 2. The molecule has 1 aromatic rings. The monoisotopic (exact) mass is 256 g/mol. The van der Waals surface area contributed by atoms with E-state index in [4.69, 9.17) is 5.73 Å². The first-order valence-corrected chi connectivity index (χ1v) is 5.54. The second kappa shape index (κ2) is 4.23. The Kier molecular flexibility index (Phi) is 2.98. The van der Waals surface area contributed by atoms with Crippen molar-refractivity contribution in [3.63, 3.8) is 0 Å². The lowest BCUT2D eigenvalue weighted by molar-refractivity contribution is 0.633. The van der Waals surface area contributed by atoms with E-state index in [0.717, 1.165) is 17.3 Å². The molecule has 0 amide bonds. The number of halogens is 1. The summed E-state index contributed by atoms with van der Waals surface area (Å²) in [6.45, 7) is 0. The zero-order chi connectivity index (χ0) is 9.97. The maximum Gasteiger partial charge on any atom is 0.222 e. The Bertz CT molecular complexity index is 300. The van der Waals surface area contributed by atoms with Crippen molar-refractivity contribution in [2.75, 3.05) is 5.32 Å². The van der Waals surface area contributed by atoms with E-state index >= 15 is 0 Å². The third-order valence-electron chi connectivity index (χ3n) is 2.50. The molecule has 1 fully saturated rings. The van der Waals surface area contributed by atoms with Crippen LogP contribution in [0.1, 0.15) is 19.3 Å². The molecule has 5 heteroatoms. The van der Waals surface area contributed by atoms with Crippen LogP contribution in [0.2, 0.25) is 0 Å². The molecule has 1 aromatic heterocycles. The number of aromatic nitrogens is 2. The minimum Gasteiger partial charge on any atom is -0.350 e. The first-order chi connectivity index (χ1) is 6.75. The summed E-state index contributed by atoms with van der Waals surface area (Å²) in [6, 6.07) is 0.568. The van der Waals surface area contributed by atoms with E-state index in [-0.39, 0.29) is 6.04 Å². The molecular weight excluding hydrogens is 244 g/mol. The summed E-state index contributed by atoms with van der Waals surface area (Å²) in [6.07, 6.45) is 6.86. The second-order valence-electron chi connectivity index (χ2n) is 3.57. The van der Waals surface area contributed by atoms with Gasteiger partial charge in [-0.3, -0.25) is 0 Å². The summed E-state index contributed by atoms with van der Waals surface area (Å²) < 4.78 is 0.888. The number of hydrogen-bond donors (Lipinski definition) is 2. The fourth-order valence-corrected chi connectivity index (χ4v) is 1.93. The standard InChI is InChI=1S/C9H13BrN4/c10-6-4-12-9(13-5-6)14-8-3-1-2-7(8)11/h4-5,7-8H,1-3,11H2,(H,12,13,14). The molecule has 0 aromatic carbocycles. The Hall–Kier alpha value is -0.680. The summed E-state index contributed by atoms with van der Waals surface area (Å²) in [5.41, 5.74) is 5.93. The van der Waals surface area contributed by atoms with Gasteiger partial charge in [-0.15, -0.1) is 0 Å². The molecule has 1 aliphatic carbocycles. The molecule has 1 aliphatic rings. The van der Waals surface area contributed by atoms with Crippen LogP contribution in [0.3, 0.4) is 0 Å². The highest BCUT2D eigenvalue weighted by molar-refractivity contribution is 9.10. The van der Waals surface area contributed by atoms with Gasteiger partial charge in [-0.25, -0.2) is 9.97 Å². The lowest BCUT2D eigenvalue weighted by atomic mass is 10.2. The van der Waals surface area contributed by atoms with Crippen molar-refractivity contribution >= 4 is 21.9 Å². The van der Waals surface area contributed by atoms with Crippen LogP contribution in [0.25, 0.3) is 0 Å². The molecule has 1 heterocycles. The fraction of sp³-hybridized carbons (Fsp3) is 0.556. The molecule has 0 spiro atoms. The van der Waals surface area contributed by atoms with Crippen LogP contribution in [0.5, 0.6) is 0 Å². The van der Waals surface area contributed by atoms with Crippen LogP contribution in [0.4, 0.5) is 5.95 Å². The Labute approximate surface area is 91.4 Å². The molecule has 0 bridgehead atoms. The van der Waals surface area contributed by atoms with E-state index in [0.29, 0.717) is 12.0 Å². The third-order valence-corrected chi connectivity index (χ3v) is 2.91. The molecule has 76 valence electrons. The lowest BCUT2D eigenvalue weighted by Crippen LogP contribution is -2.35. The van der Waals surface area contributed by atoms with Gasteiger partial charge >= 0.3 is 0 Å². The van der Waals surface area contributed by atoms with Crippen molar-refractivity contribution in [3.8, 4) is 0 Å². The van der Waals surface area contributed by atoms with E-state index in [1.165, 1.54) is 6.42 Å². The molecule has 0 aliphatic heterocycles. The molecule has 0 saturated heterocycles. The number of rotatable bonds is 2. The molecule has 3 N–H and O–H groups in total. The molecule has 4 nitrogen and oxygen atoms in total. The van der Waals surface area contributed by atoms with Crippen molar-refractivity contribution in [3.05, 3.63) is 16.9 Å². The first-order valence-electron chi connectivity index (χ1n) is 4.75. The zero-order valence-electron chi connectivity index (χ0n) is 7.78. The number of nitrogens with one attached hydrogen (secondary N) is 1. The molecule has 2 atom stereocenters. The molecule has 2 unspecified atom stereocenters. The van der Waals surface area contributed by atoms with Crippen LogP contribution in [0, 0.1) is 0 Å². The summed E-state index contributed by atoms with van der Waals surface area (Å²) >= 11 is 3.29. The van der Waals surface area contributed by atoms with E-state index in [9.17, 15) is 0 Å². The van der Waals surface area contributed by atoms with Gasteiger partial charge in [0, 0.05) is 24.5 Å². The van der Waals surface area contributed by atoms with Crippen LogP contribution >= 0.6 is 15.9 Å². The van der Waals surface area contributed by atoms with Gasteiger partial charge in [-0.1, -0.05) is 0 Å². The van der Waals surface area contributed by atoms with Crippen molar-refractivity contribution in [1.82, 2.24) is 9.97 Å². The zero-order valence-corrected chi connectivity index (χ0v) is 9.37. The average molecular weight is 257 g/mol. The molecular formula is C9H13BrN4. The minimum atomic E-state index is 0.238. The van der Waals surface area contributed by atoms with Crippen LogP contribution in [-0.4, -0.2) is 22.1 Å². The van der Waals surface area contributed by atoms with Gasteiger partial charge in [-0.05, 0) is 35.2 Å². The SMILES string of the molecule is NC1CCCC1Nc1ncc(Br)cn1. The van der Waals surface area contributed by atoms with Gasteiger partial charge in [0.25, 0.3) is 0 Å². The van der Waals surface area contributed by atoms with Crippen LogP contribution < -0.4 is 11.1 Å². The Morgan fingerprint density at radius 1 is 1.36 bits per heavy atom. The third kappa shape index (κ3) is 2.22. The van der Waals surface area contributed by atoms with E-state index in [2.05, 4.69) is 31.2 Å². The highest BCUT2D eigenvalue weighted by Crippen LogP contribution is 2.20. The highest BCUT2D eigenvalue weighted by Gasteiger charge is 2.23. The van der Waals surface area contributed by atoms with Gasteiger partial charge in [-0.2, -0.15) is 0 Å². The van der Waals surface area contributed by atoms with Gasteiger partial charge in [0.05, 0.1) is 4.47 Å². The predicted molar refractivity (Wildman–Crippen MR) is 59.0 cm³/mol. The molecule has 2 rings (SSSR count). The van der Waals surface area contributed by atoms with Crippen LogP contribution in [0.15, 0.2) is 16.9 Å². The van der Waals surface area contributed by atoms with E-state index < -0.39 is 0 Å². The lowest BCUT2D eigenvalue weighted by Gasteiger charge is -2.16. The van der Waals surface area contributed by atoms with Gasteiger partial charge in [0.15, 0.2) is 0 Å². The Morgan fingerprint density at radius 2 is 2.07 bits per heavy atom. The maximum absolute atomic E-state index is 5.93. The normalized spacial score (nSPS) is 26.4. The van der Waals surface area contributed by atoms with E-state index in [1.807, 2.05) is 0 Å². The van der Waals surface area contributed by atoms with Gasteiger partial charge in [0.1, 0.15) is 0 Å². The fourth-order valence-electron chi connectivity index (χ4n) is 1.72. The summed E-state index contributed by atoms with van der Waals surface area (Å²) in [7, 11) is 0. The number of hydrogen-bond acceptors (Lipinski definition) is 4. The summed E-state index contributed by atoms with van der Waals surface area (Å²) in [5, 5.41) is 3.25. The summed E-state index contributed by atoms with van der Waals surface area (Å²) in [4.78, 5) is 8.30. The summed E-state index contributed by atoms with van der Waals surface area (Å²) in [5.74, 6) is 0.663. The average Bonchev–Trinajstić information content (AvgIpc) is 2.56. The van der Waals surface area contributed by atoms with Gasteiger partial charge in [0.2, 0.25) is 5.95 Å². The number of nitrogens with two attached hydrogens (primary N) is 1. The highest BCUT2D eigenvalue weighted by atomic mass is 79.9. The van der Waals surface area contributed by atoms with Crippen molar-refractivity contribution in [2.45, 2.75) is 31.3 Å². The minimum absolute atomic E-state index is 0.238. The van der Waals surface area contributed by atoms with Crippen molar-refractivity contribution in [2.24, 2.45) is 5.73 Å². The smallest absolute Gasteiger partial charge is 0.222 e. The van der Waals surface area contributed by atoms with E-state index in [1.54, 1.807) is 12.4 Å². The molecule has 1 saturated carbocycles. The van der Waals surface area contributed by atoms with Crippen LogP contribution in [-0.2, 0) is 0 Å². The predicted octanol–water partition coefficient (Wildman–Crippen LogP) is 1.53. The maximum atomic E-state index is 5.93. The second-order valence-corrected chi connectivity index (χ2v) is 4.49.